The van der Waals surface area contributed by atoms with Crippen molar-refractivity contribution in [3.8, 4) is 0 Å². The van der Waals surface area contributed by atoms with Gasteiger partial charge in [0.15, 0.2) is 0 Å². The lowest BCUT2D eigenvalue weighted by Crippen LogP contribution is -2.55. The number of benzene rings is 1. The summed E-state index contributed by atoms with van der Waals surface area (Å²) in [5, 5.41) is 1.62. The highest BCUT2D eigenvalue weighted by atomic mass is 35.5. The summed E-state index contributed by atoms with van der Waals surface area (Å²) in [6, 6.07) is 5.46. The monoisotopic (exact) mass is 492 g/mol. The van der Waals surface area contributed by atoms with Crippen molar-refractivity contribution in [2.75, 3.05) is 32.8 Å². The Morgan fingerprint density at radius 1 is 1.30 bits per heavy atom. The van der Waals surface area contributed by atoms with E-state index in [1.807, 2.05) is 36.9 Å². The first-order valence-corrected chi connectivity index (χ1v) is 11.8. The molecule has 0 saturated carbocycles. The summed E-state index contributed by atoms with van der Waals surface area (Å²) in [7, 11) is 0. The van der Waals surface area contributed by atoms with E-state index in [0.29, 0.717) is 44.3 Å². The average Bonchev–Trinajstić information content (AvgIpc) is 2.81. The number of piperazine rings is 1. The average molecular weight is 493 g/mol. The SMILES string of the molecule is CCCOC(=O)N1CCN(C(=O)c2ccc3c(Cl)c4c(nc3c2)CC(CN)CC4)[C@@H](C)C1.S. The number of hydrogen-bond donors (Lipinski definition) is 1. The van der Waals surface area contributed by atoms with Crippen LogP contribution in [0.25, 0.3) is 10.9 Å². The van der Waals surface area contributed by atoms with Gasteiger partial charge in [0.05, 0.1) is 17.1 Å². The molecule has 2 aliphatic rings. The molecular formula is C24H33ClN4O3S. The van der Waals surface area contributed by atoms with E-state index in [-0.39, 0.29) is 31.5 Å². The molecule has 33 heavy (non-hydrogen) atoms. The molecule has 1 aromatic carbocycles. The fourth-order valence-electron chi connectivity index (χ4n) is 4.66. The number of carbonyl (C=O) groups excluding carboxylic acids is 2. The van der Waals surface area contributed by atoms with E-state index in [4.69, 9.17) is 27.1 Å². The molecule has 2 aromatic rings. The second-order valence-electron chi connectivity index (χ2n) is 8.84. The zero-order valence-electron chi connectivity index (χ0n) is 19.3. The third kappa shape index (κ3) is 5.23. The summed E-state index contributed by atoms with van der Waals surface area (Å²) in [4.78, 5) is 33.8. The highest BCUT2D eigenvalue weighted by Gasteiger charge is 2.31. The Hall–Kier alpha value is -2.03. The van der Waals surface area contributed by atoms with Crippen molar-refractivity contribution in [3.63, 3.8) is 0 Å². The summed E-state index contributed by atoms with van der Waals surface area (Å²) in [6.07, 6.45) is 3.23. The number of carbonyl (C=O) groups is 2. The number of ether oxygens (including phenoxy) is 1. The molecule has 1 aliphatic heterocycles. The lowest BCUT2D eigenvalue weighted by atomic mass is 9.86. The number of fused-ring (bicyclic) bond motifs is 2. The summed E-state index contributed by atoms with van der Waals surface area (Å²) in [5.41, 5.74) is 9.32. The standard InChI is InChI=1S/C24H31ClN4O3.H2S/c1-3-10-32-24(31)28-8-9-29(15(2)14-28)23(30)17-5-7-19-21(12-17)27-20-11-16(13-26)4-6-18(20)22(19)25;/h5,7,12,15-16H,3-4,6,8-11,13-14,26H2,1-2H3;1H2/t15-,16?;/m0./s1. The number of pyridine rings is 1. The van der Waals surface area contributed by atoms with Gasteiger partial charge in [-0.1, -0.05) is 24.6 Å². The second kappa shape index (κ2) is 10.9. The predicted octanol–water partition coefficient (Wildman–Crippen LogP) is 3.76. The van der Waals surface area contributed by atoms with Gasteiger partial charge in [0.2, 0.25) is 0 Å². The normalized spacial score (nSPS) is 20.2. The third-order valence-electron chi connectivity index (χ3n) is 6.54. The van der Waals surface area contributed by atoms with Crippen LogP contribution in [0.1, 0.15) is 48.3 Å². The first-order valence-electron chi connectivity index (χ1n) is 11.5. The van der Waals surface area contributed by atoms with Gasteiger partial charge in [0.1, 0.15) is 0 Å². The Morgan fingerprint density at radius 2 is 2.09 bits per heavy atom. The predicted molar refractivity (Wildman–Crippen MR) is 135 cm³/mol. The van der Waals surface area contributed by atoms with Crippen molar-refractivity contribution in [2.45, 2.75) is 45.6 Å². The fraction of sp³-hybridized carbons (Fsp3) is 0.542. The van der Waals surface area contributed by atoms with Crippen LogP contribution in [-0.4, -0.2) is 65.6 Å². The van der Waals surface area contributed by atoms with Crippen LogP contribution >= 0.6 is 25.1 Å². The minimum atomic E-state index is -0.309. The molecule has 1 aliphatic carbocycles. The molecule has 1 unspecified atom stereocenters. The van der Waals surface area contributed by atoms with E-state index >= 15 is 0 Å². The number of aromatic nitrogens is 1. The van der Waals surface area contributed by atoms with Gasteiger partial charge in [0, 0.05) is 42.3 Å². The van der Waals surface area contributed by atoms with Gasteiger partial charge >= 0.3 is 6.09 Å². The molecule has 2 N–H and O–H groups in total. The molecule has 1 fully saturated rings. The van der Waals surface area contributed by atoms with E-state index in [0.717, 1.165) is 52.9 Å². The van der Waals surface area contributed by atoms with Gasteiger partial charge in [-0.05, 0) is 62.8 Å². The van der Waals surface area contributed by atoms with Crippen LogP contribution in [0, 0.1) is 5.92 Å². The van der Waals surface area contributed by atoms with Crippen LogP contribution in [-0.2, 0) is 17.6 Å². The van der Waals surface area contributed by atoms with Crippen molar-refractivity contribution < 1.29 is 14.3 Å². The summed E-state index contributed by atoms with van der Waals surface area (Å²) >= 11 is 6.72. The topological polar surface area (TPSA) is 88.8 Å². The third-order valence-corrected chi connectivity index (χ3v) is 6.98. The minimum Gasteiger partial charge on any atom is -0.449 e. The first kappa shape index (κ1) is 25.6. The Kier molecular flexibility index (Phi) is 8.48. The smallest absolute Gasteiger partial charge is 0.409 e. The Bertz CT molecular complexity index is 1030. The zero-order valence-corrected chi connectivity index (χ0v) is 21.0. The molecule has 9 heteroatoms. The van der Waals surface area contributed by atoms with Crippen molar-refractivity contribution >= 4 is 48.0 Å². The quantitative estimate of drug-likeness (QED) is 0.702. The molecule has 180 valence electrons. The van der Waals surface area contributed by atoms with Crippen molar-refractivity contribution in [1.82, 2.24) is 14.8 Å². The van der Waals surface area contributed by atoms with E-state index in [9.17, 15) is 9.59 Å². The minimum absolute atomic E-state index is 0. The summed E-state index contributed by atoms with van der Waals surface area (Å²) in [5.74, 6) is 0.367. The summed E-state index contributed by atoms with van der Waals surface area (Å²) < 4.78 is 5.23. The molecule has 4 rings (SSSR count). The van der Waals surface area contributed by atoms with Gasteiger partial charge in [0.25, 0.3) is 5.91 Å². The molecule has 7 nitrogen and oxygen atoms in total. The van der Waals surface area contributed by atoms with Crippen LogP contribution < -0.4 is 5.73 Å². The fourth-order valence-corrected chi connectivity index (χ4v) is 5.03. The second-order valence-corrected chi connectivity index (χ2v) is 9.21. The highest BCUT2D eigenvalue weighted by molar-refractivity contribution is 7.59. The van der Waals surface area contributed by atoms with Crippen molar-refractivity contribution in [1.29, 1.82) is 0 Å². The molecule has 2 atom stereocenters. The van der Waals surface area contributed by atoms with Crippen LogP contribution in [0.2, 0.25) is 5.02 Å². The van der Waals surface area contributed by atoms with E-state index in [1.54, 1.807) is 4.90 Å². The number of halogens is 1. The Morgan fingerprint density at radius 3 is 2.79 bits per heavy atom. The van der Waals surface area contributed by atoms with Crippen molar-refractivity contribution in [3.05, 3.63) is 40.0 Å². The van der Waals surface area contributed by atoms with Gasteiger partial charge in [-0.25, -0.2) is 4.79 Å². The number of nitrogens with two attached hydrogens (primary N) is 1. The number of nitrogens with zero attached hydrogens (tertiary/aromatic N) is 3. The van der Waals surface area contributed by atoms with Crippen LogP contribution in [0.15, 0.2) is 18.2 Å². The van der Waals surface area contributed by atoms with Crippen LogP contribution in [0.3, 0.4) is 0 Å². The molecule has 0 radical (unpaired) electrons. The van der Waals surface area contributed by atoms with Crippen LogP contribution in [0.4, 0.5) is 4.79 Å². The van der Waals surface area contributed by atoms with Gasteiger partial charge in [-0.15, -0.1) is 0 Å². The maximum absolute atomic E-state index is 13.3. The molecule has 0 bridgehead atoms. The largest absolute Gasteiger partial charge is 0.449 e. The molecule has 0 spiro atoms. The first-order chi connectivity index (χ1) is 15.4. The van der Waals surface area contributed by atoms with Crippen molar-refractivity contribution in [2.24, 2.45) is 11.7 Å². The molecule has 1 saturated heterocycles. The molecule has 2 amide bonds. The van der Waals surface area contributed by atoms with E-state index in [1.165, 1.54) is 0 Å². The zero-order chi connectivity index (χ0) is 22.8. The van der Waals surface area contributed by atoms with Gasteiger partial charge < -0.3 is 20.3 Å². The lowest BCUT2D eigenvalue weighted by molar-refractivity contribution is 0.0414. The van der Waals surface area contributed by atoms with E-state index < -0.39 is 0 Å². The van der Waals surface area contributed by atoms with Crippen LogP contribution in [0.5, 0.6) is 0 Å². The van der Waals surface area contributed by atoms with E-state index in [2.05, 4.69) is 0 Å². The summed E-state index contributed by atoms with van der Waals surface area (Å²) in [6.45, 7) is 6.36. The Labute approximate surface area is 207 Å². The van der Waals surface area contributed by atoms with Gasteiger partial charge in [-0.2, -0.15) is 13.5 Å². The number of amides is 2. The molecular weight excluding hydrogens is 460 g/mol. The Balaban J connectivity index is 0.00000306. The van der Waals surface area contributed by atoms with Gasteiger partial charge in [-0.3, -0.25) is 9.78 Å². The maximum atomic E-state index is 13.3. The number of hydrogen-bond acceptors (Lipinski definition) is 5. The molecule has 2 heterocycles. The maximum Gasteiger partial charge on any atom is 0.409 e. The number of rotatable bonds is 4. The highest BCUT2D eigenvalue weighted by Crippen LogP contribution is 2.35. The lowest BCUT2D eigenvalue weighted by Gasteiger charge is -2.39. The molecule has 1 aromatic heterocycles.